The molecule has 10 heteroatoms. The molecular formula is C20H24N4O6. The molecule has 3 aliphatic rings. The van der Waals surface area contributed by atoms with Crippen molar-refractivity contribution >= 4 is 23.6 Å². The van der Waals surface area contributed by atoms with Crippen molar-refractivity contribution in [3.8, 4) is 5.75 Å². The molecule has 4 N–H and O–H groups in total. The summed E-state index contributed by atoms with van der Waals surface area (Å²) in [6.07, 6.45) is 2.81. The van der Waals surface area contributed by atoms with Crippen LogP contribution in [0.4, 0.5) is 0 Å². The molecule has 4 amide bonds. The molecule has 2 aliphatic heterocycles. The highest BCUT2D eigenvalue weighted by atomic mass is 16.5. The number of piperidine rings is 1. The zero-order chi connectivity index (χ0) is 21.3. The van der Waals surface area contributed by atoms with Gasteiger partial charge in [0, 0.05) is 25.6 Å². The van der Waals surface area contributed by atoms with Gasteiger partial charge in [-0.1, -0.05) is 0 Å². The second kappa shape index (κ2) is 8.50. The Hall–Kier alpha value is -2.82. The predicted octanol–water partition coefficient (Wildman–Crippen LogP) is -0.0439. The topological polar surface area (TPSA) is 137 Å². The number of nitrogens with one attached hydrogen (secondary N) is 3. The zero-order valence-corrected chi connectivity index (χ0v) is 16.3. The van der Waals surface area contributed by atoms with Crippen LogP contribution < -0.4 is 20.9 Å². The van der Waals surface area contributed by atoms with Crippen molar-refractivity contribution in [1.82, 2.24) is 21.0 Å². The number of fused-ring (bicyclic) bond motifs is 1. The van der Waals surface area contributed by atoms with E-state index in [1.54, 1.807) is 18.2 Å². The van der Waals surface area contributed by atoms with Crippen LogP contribution in [0.1, 0.15) is 52.8 Å². The molecule has 2 heterocycles. The van der Waals surface area contributed by atoms with Crippen molar-refractivity contribution in [1.29, 1.82) is 0 Å². The fraction of sp³-hybridized carbons (Fsp3) is 0.500. The lowest BCUT2D eigenvalue weighted by Crippen LogP contribution is -2.54. The van der Waals surface area contributed by atoms with Crippen LogP contribution in [0.15, 0.2) is 18.2 Å². The number of hydrogen-bond donors (Lipinski definition) is 4. The summed E-state index contributed by atoms with van der Waals surface area (Å²) in [5.74, 6) is -1.60. The number of carbonyl (C=O) groups excluding carboxylic acids is 4. The van der Waals surface area contributed by atoms with Crippen molar-refractivity contribution in [2.45, 2.75) is 50.3 Å². The van der Waals surface area contributed by atoms with E-state index in [-0.39, 0.29) is 30.1 Å². The summed E-state index contributed by atoms with van der Waals surface area (Å²) in [7, 11) is 0. The Morgan fingerprint density at radius 3 is 2.63 bits per heavy atom. The first-order valence-electron chi connectivity index (χ1n) is 10.1. The monoisotopic (exact) mass is 416 g/mol. The molecule has 0 aromatic heterocycles. The molecule has 1 unspecified atom stereocenters. The SMILES string of the molecule is O=C1CCC(N2C(=O)c3ccc(O[C@H]4CC[C@@H](NCCNO)C4)cc3C2=O)C(=O)N1. The molecule has 160 valence electrons. The van der Waals surface area contributed by atoms with Crippen LogP contribution >= 0.6 is 0 Å². The Kier molecular flexibility index (Phi) is 5.80. The molecule has 2 fully saturated rings. The molecule has 1 saturated heterocycles. The maximum atomic E-state index is 12.9. The van der Waals surface area contributed by atoms with Crippen LogP contribution in [-0.2, 0) is 9.59 Å². The van der Waals surface area contributed by atoms with Crippen molar-refractivity contribution < 1.29 is 29.1 Å². The lowest BCUT2D eigenvalue weighted by Gasteiger charge is -2.27. The van der Waals surface area contributed by atoms with Gasteiger partial charge < -0.3 is 15.3 Å². The van der Waals surface area contributed by atoms with Crippen LogP contribution in [0.5, 0.6) is 5.75 Å². The Bertz CT molecular complexity index is 888. The highest BCUT2D eigenvalue weighted by Crippen LogP contribution is 2.32. The third kappa shape index (κ3) is 3.93. The number of rotatable bonds is 7. The number of amides is 4. The summed E-state index contributed by atoms with van der Waals surface area (Å²) < 4.78 is 6.03. The Morgan fingerprint density at radius 2 is 1.87 bits per heavy atom. The third-order valence-corrected chi connectivity index (χ3v) is 5.77. The van der Waals surface area contributed by atoms with Gasteiger partial charge in [0.05, 0.1) is 11.1 Å². The molecule has 1 aliphatic carbocycles. The maximum Gasteiger partial charge on any atom is 0.262 e. The van der Waals surface area contributed by atoms with Gasteiger partial charge in [0.1, 0.15) is 17.9 Å². The minimum Gasteiger partial charge on any atom is -0.490 e. The lowest BCUT2D eigenvalue weighted by molar-refractivity contribution is -0.136. The number of carbonyl (C=O) groups is 4. The van der Waals surface area contributed by atoms with E-state index in [0.717, 1.165) is 24.2 Å². The molecule has 30 heavy (non-hydrogen) atoms. The Balaban J connectivity index is 1.42. The Labute approximate surface area is 172 Å². The van der Waals surface area contributed by atoms with Crippen LogP contribution in [0, 0.1) is 0 Å². The number of imide groups is 2. The first-order valence-corrected chi connectivity index (χ1v) is 10.1. The fourth-order valence-corrected chi connectivity index (χ4v) is 4.28. The van der Waals surface area contributed by atoms with E-state index in [9.17, 15) is 19.2 Å². The van der Waals surface area contributed by atoms with Gasteiger partial charge >= 0.3 is 0 Å². The van der Waals surface area contributed by atoms with Crippen LogP contribution in [0.3, 0.4) is 0 Å². The third-order valence-electron chi connectivity index (χ3n) is 5.77. The second-order valence-electron chi connectivity index (χ2n) is 7.77. The summed E-state index contributed by atoms with van der Waals surface area (Å²) in [5.41, 5.74) is 2.56. The van der Waals surface area contributed by atoms with Gasteiger partial charge in [-0.15, -0.1) is 0 Å². The molecular weight excluding hydrogens is 392 g/mol. The number of nitrogens with zero attached hydrogens (tertiary/aromatic N) is 1. The van der Waals surface area contributed by atoms with Gasteiger partial charge in [0.15, 0.2) is 0 Å². The average Bonchev–Trinajstić information content (AvgIpc) is 3.25. The first kappa shape index (κ1) is 20.5. The standard InChI is InChI=1S/C20H24N4O6/c25-17-6-5-16(18(26)23-17)24-19(27)14-4-3-13(10-15(14)20(24)28)30-12-2-1-11(9-12)21-7-8-22-29/h3-4,10-12,16,21-22,29H,1-2,5-9H2,(H,23,25,26)/t11-,12+,16?/m1/s1. The van der Waals surface area contributed by atoms with Crippen molar-refractivity contribution in [3.05, 3.63) is 29.3 Å². The normalized spacial score (nSPS) is 26.2. The van der Waals surface area contributed by atoms with Crippen LogP contribution in [-0.4, -0.2) is 65.0 Å². The van der Waals surface area contributed by atoms with E-state index >= 15 is 0 Å². The van der Waals surface area contributed by atoms with E-state index in [1.807, 2.05) is 0 Å². The maximum absolute atomic E-state index is 12.9. The average molecular weight is 416 g/mol. The Morgan fingerprint density at radius 1 is 1.07 bits per heavy atom. The molecule has 10 nitrogen and oxygen atoms in total. The van der Waals surface area contributed by atoms with Gasteiger partial charge in [-0.25, -0.2) is 5.48 Å². The van der Waals surface area contributed by atoms with Crippen LogP contribution in [0.25, 0.3) is 0 Å². The largest absolute Gasteiger partial charge is 0.490 e. The fourth-order valence-electron chi connectivity index (χ4n) is 4.28. The molecule has 1 aromatic rings. The summed E-state index contributed by atoms with van der Waals surface area (Å²) in [4.78, 5) is 50.0. The molecule has 3 atom stereocenters. The van der Waals surface area contributed by atoms with Gasteiger partial charge in [-0.3, -0.25) is 29.4 Å². The van der Waals surface area contributed by atoms with E-state index in [1.165, 1.54) is 0 Å². The number of hydroxylamine groups is 1. The lowest BCUT2D eigenvalue weighted by atomic mass is 10.0. The van der Waals surface area contributed by atoms with Gasteiger partial charge in [-0.2, -0.15) is 0 Å². The summed E-state index contributed by atoms with van der Waals surface area (Å²) in [6, 6.07) is 4.08. The highest BCUT2D eigenvalue weighted by Gasteiger charge is 2.44. The number of ether oxygens (including phenoxy) is 1. The van der Waals surface area contributed by atoms with Gasteiger partial charge in [-0.05, 0) is 43.9 Å². The first-order chi connectivity index (χ1) is 14.5. The number of hydrogen-bond acceptors (Lipinski definition) is 8. The van der Waals surface area contributed by atoms with Crippen molar-refractivity contribution in [3.63, 3.8) is 0 Å². The van der Waals surface area contributed by atoms with Gasteiger partial charge in [0.2, 0.25) is 11.8 Å². The minimum absolute atomic E-state index is 0.0129. The van der Waals surface area contributed by atoms with Crippen molar-refractivity contribution in [2.75, 3.05) is 13.1 Å². The highest BCUT2D eigenvalue weighted by molar-refractivity contribution is 6.23. The zero-order valence-electron chi connectivity index (χ0n) is 16.3. The molecule has 1 aromatic carbocycles. The smallest absolute Gasteiger partial charge is 0.262 e. The number of benzene rings is 1. The summed E-state index contributed by atoms with van der Waals surface area (Å²) >= 11 is 0. The summed E-state index contributed by atoms with van der Waals surface area (Å²) in [5, 5.41) is 14.1. The molecule has 1 saturated carbocycles. The van der Waals surface area contributed by atoms with Crippen molar-refractivity contribution in [2.24, 2.45) is 0 Å². The molecule has 0 bridgehead atoms. The van der Waals surface area contributed by atoms with E-state index < -0.39 is 29.7 Å². The van der Waals surface area contributed by atoms with Gasteiger partial charge in [0.25, 0.3) is 11.8 Å². The summed E-state index contributed by atoms with van der Waals surface area (Å²) in [6.45, 7) is 1.12. The second-order valence-corrected chi connectivity index (χ2v) is 7.77. The molecule has 0 spiro atoms. The van der Waals surface area contributed by atoms with E-state index in [4.69, 9.17) is 9.94 Å². The van der Waals surface area contributed by atoms with E-state index in [2.05, 4.69) is 16.1 Å². The minimum atomic E-state index is -0.977. The quantitative estimate of drug-likeness (QED) is 0.276. The molecule has 4 rings (SSSR count). The predicted molar refractivity (Wildman–Crippen MR) is 103 cm³/mol. The van der Waals surface area contributed by atoms with Crippen LogP contribution in [0.2, 0.25) is 0 Å². The van der Waals surface area contributed by atoms with E-state index in [0.29, 0.717) is 24.9 Å². The molecule has 0 radical (unpaired) electrons.